The molecule has 2 N–H and O–H groups in total. The lowest BCUT2D eigenvalue weighted by Crippen LogP contribution is -2.55. The SMILES string of the molecule is CCN(C1(CN)CCCC1)S(=O)(=O)C1CC1. The third-order valence-corrected chi connectivity index (χ3v) is 6.56. The summed E-state index contributed by atoms with van der Waals surface area (Å²) in [5.41, 5.74) is 5.59. The Hall–Kier alpha value is -0.130. The van der Waals surface area contributed by atoms with Gasteiger partial charge in [0, 0.05) is 18.6 Å². The molecule has 2 rings (SSSR count). The van der Waals surface area contributed by atoms with Crippen LogP contribution >= 0.6 is 0 Å². The molecule has 0 radical (unpaired) electrons. The zero-order valence-electron chi connectivity index (χ0n) is 9.98. The second-order valence-corrected chi connectivity index (χ2v) is 7.18. The summed E-state index contributed by atoms with van der Waals surface area (Å²) < 4.78 is 26.4. The Morgan fingerprint density at radius 2 is 1.88 bits per heavy atom. The molecule has 5 heteroatoms. The van der Waals surface area contributed by atoms with Crippen molar-refractivity contribution in [2.24, 2.45) is 5.73 Å². The molecule has 0 spiro atoms. The van der Waals surface area contributed by atoms with Crippen LogP contribution in [0.4, 0.5) is 0 Å². The lowest BCUT2D eigenvalue weighted by Gasteiger charge is -2.39. The van der Waals surface area contributed by atoms with Gasteiger partial charge in [0.1, 0.15) is 0 Å². The Labute approximate surface area is 98.2 Å². The lowest BCUT2D eigenvalue weighted by atomic mass is 9.98. The van der Waals surface area contributed by atoms with Gasteiger partial charge in [-0.1, -0.05) is 19.8 Å². The number of nitrogens with zero attached hydrogens (tertiary/aromatic N) is 1. The molecular weight excluding hydrogens is 224 g/mol. The van der Waals surface area contributed by atoms with Gasteiger partial charge in [0.25, 0.3) is 0 Å². The summed E-state index contributed by atoms with van der Waals surface area (Å²) in [4.78, 5) is 0. The summed E-state index contributed by atoms with van der Waals surface area (Å²) in [5, 5.41) is -0.114. The molecule has 2 aliphatic carbocycles. The fraction of sp³-hybridized carbons (Fsp3) is 1.00. The number of nitrogens with two attached hydrogens (primary N) is 1. The van der Waals surface area contributed by atoms with Crippen LogP contribution in [0.2, 0.25) is 0 Å². The van der Waals surface area contributed by atoms with Gasteiger partial charge in [-0.15, -0.1) is 0 Å². The Kier molecular flexibility index (Phi) is 3.29. The van der Waals surface area contributed by atoms with Gasteiger partial charge in [-0.2, -0.15) is 4.31 Å². The quantitative estimate of drug-likeness (QED) is 0.789. The van der Waals surface area contributed by atoms with Crippen LogP contribution in [0.3, 0.4) is 0 Å². The Bertz CT molecular complexity index is 343. The van der Waals surface area contributed by atoms with E-state index in [1.807, 2.05) is 6.92 Å². The number of rotatable bonds is 5. The monoisotopic (exact) mass is 246 g/mol. The first kappa shape index (κ1) is 12.3. The molecule has 94 valence electrons. The van der Waals surface area contributed by atoms with Crippen LogP contribution < -0.4 is 5.73 Å². The maximum atomic E-state index is 12.3. The molecule has 0 unspecified atom stereocenters. The van der Waals surface area contributed by atoms with Crippen molar-refractivity contribution in [1.29, 1.82) is 0 Å². The first-order valence-corrected chi connectivity index (χ1v) is 7.79. The molecule has 4 nitrogen and oxygen atoms in total. The summed E-state index contributed by atoms with van der Waals surface area (Å²) >= 11 is 0. The van der Waals surface area contributed by atoms with E-state index in [1.54, 1.807) is 4.31 Å². The predicted octanol–water partition coefficient (Wildman–Crippen LogP) is 1.07. The zero-order valence-corrected chi connectivity index (χ0v) is 10.8. The normalized spacial score (nSPS) is 25.2. The third kappa shape index (κ3) is 1.89. The van der Waals surface area contributed by atoms with E-state index in [1.165, 1.54) is 0 Å². The summed E-state index contributed by atoms with van der Waals surface area (Å²) in [6, 6.07) is 0. The molecule has 0 aliphatic heterocycles. The number of hydrogen-bond acceptors (Lipinski definition) is 3. The molecule has 0 aromatic heterocycles. The van der Waals surface area contributed by atoms with Crippen molar-refractivity contribution in [3.63, 3.8) is 0 Å². The lowest BCUT2D eigenvalue weighted by molar-refractivity contribution is 0.204. The maximum absolute atomic E-state index is 12.3. The fourth-order valence-electron chi connectivity index (χ4n) is 2.92. The van der Waals surface area contributed by atoms with Gasteiger partial charge in [0.2, 0.25) is 10.0 Å². The van der Waals surface area contributed by atoms with Crippen molar-refractivity contribution in [2.75, 3.05) is 13.1 Å². The van der Waals surface area contributed by atoms with Crippen molar-refractivity contribution in [2.45, 2.75) is 56.2 Å². The third-order valence-electron chi connectivity index (χ3n) is 3.98. The summed E-state index contributed by atoms with van der Waals surface area (Å²) in [7, 11) is -3.08. The van der Waals surface area contributed by atoms with Gasteiger partial charge in [0.15, 0.2) is 0 Å². The molecule has 0 heterocycles. The minimum atomic E-state index is -3.08. The van der Waals surface area contributed by atoms with Gasteiger partial charge in [-0.3, -0.25) is 0 Å². The molecule has 0 aromatic rings. The van der Waals surface area contributed by atoms with Gasteiger partial charge in [-0.25, -0.2) is 8.42 Å². The second kappa shape index (κ2) is 4.27. The molecular formula is C11H22N2O2S. The van der Waals surface area contributed by atoms with Crippen LogP contribution in [0.25, 0.3) is 0 Å². The Morgan fingerprint density at radius 3 is 2.25 bits per heavy atom. The first-order chi connectivity index (χ1) is 7.57. The van der Waals surface area contributed by atoms with E-state index in [2.05, 4.69) is 0 Å². The largest absolute Gasteiger partial charge is 0.329 e. The molecule has 0 amide bonds. The van der Waals surface area contributed by atoms with Gasteiger partial charge >= 0.3 is 0 Å². The molecule has 0 bridgehead atoms. The van der Waals surface area contributed by atoms with Crippen LogP contribution in [0.15, 0.2) is 0 Å². The van der Waals surface area contributed by atoms with Gasteiger partial charge < -0.3 is 5.73 Å². The van der Waals surface area contributed by atoms with Crippen LogP contribution in [0.5, 0.6) is 0 Å². The standard InChI is InChI=1S/C11H22N2O2S/c1-2-13(16(14,15)10-5-6-10)11(9-12)7-3-4-8-11/h10H,2-9,12H2,1H3. The molecule has 2 saturated carbocycles. The van der Waals surface area contributed by atoms with Crippen LogP contribution in [0, 0.1) is 0 Å². The molecule has 16 heavy (non-hydrogen) atoms. The smallest absolute Gasteiger partial charge is 0.217 e. The van der Waals surface area contributed by atoms with Crippen molar-refractivity contribution < 1.29 is 8.42 Å². The summed E-state index contributed by atoms with van der Waals surface area (Å²) in [6.45, 7) is 2.96. The van der Waals surface area contributed by atoms with E-state index < -0.39 is 10.0 Å². The van der Waals surface area contributed by atoms with E-state index in [0.717, 1.165) is 38.5 Å². The van der Waals surface area contributed by atoms with Gasteiger partial charge in [-0.05, 0) is 25.7 Å². The highest BCUT2D eigenvalue weighted by atomic mass is 32.2. The highest BCUT2D eigenvalue weighted by molar-refractivity contribution is 7.90. The molecule has 0 saturated heterocycles. The molecule has 0 aromatic carbocycles. The van der Waals surface area contributed by atoms with Crippen molar-refractivity contribution >= 4 is 10.0 Å². The minimum Gasteiger partial charge on any atom is -0.329 e. The number of hydrogen-bond donors (Lipinski definition) is 1. The minimum absolute atomic E-state index is 0.114. The van der Waals surface area contributed by atoms with Crippen molar-refractivity contribution in [1.82, 2.24) is 4.31 Å². The van der Waals surface area contributed by atoms with Crippen molar-refractivity contribution in [3.8, 4) is 0 Å². The van der Waals surface area contributed by atoms with Crippen LogP contribution in [-0.2, 0) is 10.0 Å². The van der Waals surface area contributed by atoms with E-state index >= 15 is 0 Å². The van der Waals surface area contributed by atoms with E-state index in [0.29, 0.717) is 13.1 Å². The predicted molar refractivity (Wildman–Crippen MR) is 64.6 cm³/mol. The summed E-state index contributed by atoms with van der Waals surface area (Å²) in [6.07, 6.45) is 5.74. The highest BCUT2D eigenvalue weighted by Crippen LogP contribution is 2.40. The second-order valence-electron chi connectivity index (χ2n) is 5.04. The van der Waals surface area contributed by atoms with Crippen LogP contribution in [0.1, 0.15) is 45.4 Å². The van der Waals surface area contributed by atoms with E-state index in [4.69, 9.17) is 5.73 Å². The fourth-order valence-corrected chi connectivity index (χ4v) is 5.17. The highest BCUT2D eigenvalue weighted by Gasteiger charge is 2.49. The molecule has 0 atom stereocenters. The molecule has 2 aliphatic rings. The zero-order chi connectivity index (χ0) is 11.8. The average Bonchev–Trinajstić information content (AvgIpc) is 3.01. The van der Waals surface area contributed by atoms with E-state index in [9.17, 15) is 8.42 Å². The molecule has 2 fully saturated rings. The Balaban J connectivity index is 2.26. The number of likely N-dealkylation sites (N-methyl/N-ethyl adjacent to an activating group) is 1. The van der Waals surface area contributed by atoms with Crippen LogP contribution in [-0.4, -0.2) is 36.6 Å². The number of sulfonamides is 1. The van der Waals surface area contributed by atoms with Gasteiger partial charge in [0.05, 0.1) is 5.25 Å². The maximum Gasteiger partial charge on any atom is 0.217 e. The van der Waals surface area contributed by atoms with E-state index in [-0.39, 0.29) is 10.8 Å². The summed E-state index contributed by atoms with van der Waals surface area (Å²) in [5.74, 6) is 0. The Morgan fingerprint density at radius 1 is 1.31 bits per heavy atom. The van der Waals surface area contributed by atoms with Crippen molar-refractivity contribution in [3.05, 3.63) is 0 Å². The first-order valence-electron chi connectivity index (χ1n) is 6.28. The topological polar surface area (TPSA) is 63.4 Å². The average molecular weight is 246 g/mol.